The zero-order chi connectivity index (χ0) is 19.2. The third kappa shape index (κ3) is 5.01. The molecule has 0 aromatic heterocycles. The Hall–Kier alpha value is -2.53. The second-order valence-electron chi connectivity index (χ2n) is 7.42. The van der Waals surface area contributed by atoms with E-state index < -0.39 is 0 Å². The molecule has 1 aliphatic rings. The van der Waals surface area contributed by atoms with Crippen LogP contribution in [0.2, 0.25) is 0 Å². The summed E-state index contributed by atoms with van der Waals surface area (Å²) in [5.74, 6) is 1.83. The Morgan fingerprint density at radius 3 is 2.59 bits per heavy atom. The lowest BCUT2D eigenvalue weighted by molar-refractivity contribution is -0.128. The fourth-order valence-electron chi connectivity index (χ4n) is 3.29. The van der Waals surface area contributed by atoms with Crippen molar-refractivity contribution in [2.24, 2.45) is 11.8 Å². The van der Waals surface area contributed by atoms with Crippen LogP contribution in [0.25, 0.3) is 0 Å². The van der Waals surface area contributed by atoms with E-state index in [9.17, 15) is 4.79 Å². The molecule has 27 heavy (non-hydrogen) atoms. The second-order valence-corrected chi connectivity index (χ2v) is 7.42. The van der Waals surface area contributed by atoms with Crippen molar-refractivity contribution in [3.05, 3.63) is 59.7 Å². The maximum atomic E-state index is 12.3. The van der Waals surface area contributed by atoms with Gasteiger partial charge in [-0.15, -0.1) is 0 Å². The molecule has 0 bridgehead atoms. The molecule has 0 aliphatic carbocycles. The number of amides is 1. The number of rotatable bonds is 7. The summed E-state index contributed by atoms with van der Waals surface area (Å²) in [6, 6.07) is 16.2. The van der Waals surface area contributed by atoms with Crippen LogP contribution in [-0.4, -0.2) is 19.6 Å². The highest BCUT2D eigenvalue weighted by Gasteiger charge is 2.29. The van der Waals surface area contributed by atoms with Gasteiger partial charge in [0.2, 0.25) is 5.91 Å². The number of carbonyl (C=O) groups excluding carboxylic acids is 1. The molecule has 144 valence electrons. The van der Waals surface area contributed by atoms with Crippen molar-refractivity contribution in [3.63, 3.8) is 0 Å². The van der Waals surface area contributed by atoms with E-state index in [-0.39, 0.29) is 17.9 Å². The van der Waals surface area contributed by atoms with Gasteiger partial charge in [-0.05, 0) is 42.0 Å². The van der Waals surface area contributed by atoms with Crippen LogP contribution in [0.15, 0.2) is 48.5 Å². The van der Waals surface area contributed by atoms with Crippen LogP contribution in [0.3, 0.4) is 0 Å². The predicted octanol–water partition coefficient (Wildman–Crippen LogP) is 3.65. The molecular formula is C22H28N2O3. The van der Waals surface area contributed by atoms with Crippen molar-refractivity contribution in [2.75, 3.05) is 13.7 Å². The Balaban J connectivity index is 1.70. The molecule has 2 unspecified atom stereocenters. The van der Waals surface area contributed by atoms with Crippen molar-refractivity contribution < 1.29 is 14.3 Å². The standard InChI is InChI=1S/C22H28N2O3/c1-15(2)14-27-20-10-9-16(12-21(20)26-3)11-18-13-19(23-24-22(18)25)17-7-5-4-6-8-17/h4-10,12,15,18-19,23H,11,13-14H2,1-3H3,(H,24,25). The van der Waals surface area contributed by atoms with E-state index in [0.717, 1.165) is 17.7 Å². The van der Waals surface area contributed by atoms with Crippen LogP contribution in [0.5, 0.6) is 11.5 Å². The average Bonchev–Trinajstić information content (AvgIpc) is 2.69. The maximum Gasteiger partial charge on any atom is 0.237 e. The van der Waals surface area contributed by atoms with E-state index in [1.807, 2.05) is 36.4 Å². The monoisotopic (exact) mass is 368 g/mol. The highest BCUT2D eigenvalue weighted by molar-refractivity contribution is 5.79. The topological polar surface area (TPSA) is 59.6 Å². The quantitative estimate of drug-likeness (QED) is 0.783. The number of hydrogen-bond donors (Lipinski definition) is 2. The molecule has 0 spiro atoms. The van der Waals surface area contributed by atoms with Gasteiger partial charge in [0.1, 0.15) is 0 Å². The molecule has 2 N–H and O–H groups in total. The Morgan fingerprint density at radius 2 is 1.89 bits per heavy atom. The van der Waals surface area contributed by atoms with Crippen molar-refractivity contribution >= 4 is 5.91 Å². The largest absolute Gasteiger partial charge is 0.493 e. The molecule has 5 heteroatoms. The fraction of sp³-hybridized carbons (Fsp3) is 0.409. The van der Waals surface area contributed by atoms with Gasteiger partial charge in [-0.2, -0.15) is 0 Å². The smallest absolute Gasteiger partial charge is 0.237 e. The molecule has 3 rings (SSSR count). The number of methoxy groups -OCH3 is 1. The van der Waals surface area contributed by atoms with E-state index >= 15 is 0 Å². The minimum Gasteiger partial charge on any atom is -0.493 e. The van der Waals surface area contributed by atoms with Gasteiger partial charge in [-0.1, -0.05) is 50.2 Å². The normalized spacial score (nSPS) is 19.6. The summed E-state index contributed by atoms with van der Waals surface area (Å²) in [7, 11) is 1.64. The molecule has 5 nitrogen and oxygen atoms in total. The summed E-state index contributed by atoms with van der Waals surface area (Å²) in [4.78, 5) is 12.3. The number of hydrazine groups is 1. The second kappa shape index (κ2) is 8.91. The summed E-state index contributed by atoms with van der Waals surface area (Å²) in [5.41, 5.74) is 8.19. The zero-order valence-electron chi connectivity index (χ0n) is 16.2. The SMILES string of the molecule is COc1cc(CC2CC(c3ccccc3)NNC2=O)ccc1OCC(C)C. The van der Waals surface area contributed by atoms with Crippen LogP contribution in [0, 0.1) is 11.8 Å². The van der Waals surface area contributed by atoms with Crippen LogP contribution < -0.4 is 20.3 Å². The van der Waals surface area contributed by atoms with E-state index in [0.29, 0.717) is 24.7 Å². The Labute approximate surface area is 161 Å². The van der Waals surface area contributed by atoms with Crippen molar-refractivity contribution in [2.45, 2.75) is 32.7 Å². The molecule has 2 aromatic rings. The number of benzene rings is 2. The Kier molecular flexibility index (Phi) is 6.35. The molecule has 1 aliphatic heterocycles. The minimum absolute atomic E-state index is 0.0290. The van der Waals surface area contributed by atoms with Gasteiger partial charge in [-0.25, -0.2) is 5.43 Å². The number of carbonyl (C=O) groups is 1. The number of hydrogen-bond acceptors (Lipinski definition) is 4. The van der Waals surface area contributed by atoms with Gasteiger partial charge in [0.25, 0.3) is 0 Å². The third-order valence-electron chi connectivity index (χ3n) is 4.74. The lowest BCUT2D eigenvalue weighted by atomic mass is 9.88. The van der Waals surface area contributed by atoms with Gasteiger partial charge >= 0.3 is 0 Å². The summed E-state index contributed by atoms with van der Waals surface area (Å²) < 4.78 is 11.3. The summed E-state index contributed by atoms with van der Waals surface area (Å²) in [6.07, 6.45) is 1.42. The molecule has 1 amide bonds. The van der Waals surface area contributed by atoms with Crippen LogP contribution in [0.1, 0.15) is 37.4 Å². The van der Waals surface area contributed by atoms with Crippen LogP contribution >= 0.6 is 0 Å². The van der Waals surface area contributed by atoms with E-state index in [1.54, 1.807) is 7.11 Å². The number of nitrogens with one attached hydrogen (secondary N) is 2. The molecule has 1 fully saturated rings. The lowest BCUT2D eigenvalue weighted by Gasteiger charge is -2.30. The first-order valence-corrected chi connectivity index (χ1v) is 9.47. The van der Waals surface area contributed by atoms with E-state index in [2.05, 4.69) is 36.8 Å². The highest BCUT2D eigenvalue weighted by Crippen LogP contribution is 2.31. The maximum absolute atomic E-state index is 12.3. The van der Waals surface area contributed by atoms with E-state index in [1.165, 1.54) is 5.56 Å². The Morgan fingerprint density at radius 1 is 1.11 bits per heavy atom. The van der Waals surface area contributed by atoms with E-state index in [4.69, 9.17) is 9.47 Å². The first-order chi connectivity index (χ1) is 13.1. The van der Waals surface area contributed by atoms with Gasteiger partial charge in [0.05, 0.1) is 19.8 Å². The molecule has 0 radical (unpaired) electrons. The molecule has 2 aromatic carbocycles. The molecule has 1 saturated heterocycles. The fourth-order valence-corrected chi connectivity index (χ4v) is 3.29. The minimum atomic E-state index is -0.0939. The van der Waals surface area contributed by atoms with Gasteiger partial charge in [0.15, 0.2) is 11.5 Å². The summed E-state index contributed by atoms with van der Waals surface area (Å²) in [6.45, 7) is 4.87. The number of ether oxygens (including phenoxy) is 2. The van der Waals surface area contributed by atoms with Crippen molar-refractivity contribution in [1.82, 2.24) is 10.9 Å². The third-order valence-corrected chi connectivity index (χ3v) is 4.74. The molecule has 0 saturated carbocycles. The lowest BCUT2D eigenvalue weighted by Crippen LogP contribution is -2.49. The molecular weight excluding hydrogens is 340 g/mol. The molecule has 2 atom stereocenters. The van der Waals surface area contributed by atoms with Crippen molar-refractivity contribution in [1.29, 1.82) is 0 Å². The summed E-state index contributed by atoms with van der Waals surface area (Å²) in [5, 5.41) is 0. The molecule has 1 heterocycles. The zero-order valence-corrected chi connectivity index (χ0v) is 16.2. The predicted molar refractivity (Wildman–Crippen MR) is 106 cm³/mol. The van der Waals surface area contributed by atoms with Crippen LogP contribution in [-0.2, 0) is 11.2 Å². The summed E-state index contributed by atoms with van der Waals surface area (Å²) >= 11 is 0. The first-order valence-electron chi connectivity index (χ1n) is 9.47. The van der Waals surface area contributed by atoms with Gasteiger partial charge in [0, 0.05) is 5.92 Å². The van der Waals surface area contributed by atoms with Crippen LogP contribution in [0.4, 0.5) is 0 Å². The highest BCUT2D eigenvalue weighted by atomic mass is 16.5. The Bertz CT molecular complexity index is 761. The van der Waals surface area contributed by atoms with Gasteiger partial charge in [-0.3, -0.25) is 10.2 Å². The van der Waals surface area contributed by atoms with Crippen molar-refractivity contribution in [3.8, 4) is 11.5 Å². The van der Waals surface area contributed by atoms with Gasteiger partial charge < -0.3 is 9.47 Å². The average molecular weight is 368 g/mol. The first kappa shape index (κ1) is 19.2.